The molecule has 0 bridgehead atoms. The Bertz CT molecular complexity index is 875. The Balaban J connectivity index is 1.46. The van der Waals surface area contributed by atoms with E-state index < -0.39 is 11.6 Å². The Kier molecular flexibility index (Phi) is 5.64. The monoisotopic (exact) mass is 377 g/mol. The summed E-state index contributed by atoms with van der Waals surface area (Å²) in [6.45, 7) is 0.504. The van der Waals surface area contributed by atoms with Crippen molar-refractivity contribution in [3.63, 3.8) is 0 Å². The Morgan fingerprint density at radius 3 is 2.81 bits per heavy atom. The van der Waals surface area contributed by atoms with E-state index in [4.69, 9.17) is 4.74 Å². The van der Waals surface area contributed by atoms with Crippen LogP contribution < -0.4 is 15.4 Å². The molecule has 2 N–H and O–H groups in total. The number of carbonyl (C=O) groups excluding carboxylic acids is 1. The van der Waals surface area contributed by atoms with E-state index in [2.05, 4.69) is 25.8 Å². The van der Waals surface area contributed by atoms with Crippen molar-refractivity contribution in [3.8, 4) is 5.75 Å². The number of amides is 1. The van der Waals surface area contributed by atoms with Crippen molar-refractivity contribution < 1.29 is 18.3 Å². The molecule has 10 heteroatoms. The highest BCUT2D eigenvalue weighted by Gasteiger charge is 2.09. The van der Waals surface area contributed by atoms with Crippen molar-refractivity contribution in [2.45, 2.75) is 0 Å². The molecule has 0 aliphatic rings. The predicted molar refractivity (Wildman–Crippen MR) is 92.4 cm³/mol. The fraction of sp³-hybridized carbons (Fsp3) is 0.125. The minimum absolute atomic E-state index is 0.0233. The summed E-state index contributed by atoms with van der Waals surface area (Å²) in [5.74, 6) is -1.25. The van der Waals surface area contributed by atoms with Crippen LogP contribution in [0.2, 0.25) is 0 Å². The number of nitrogens with one attached hydrogen (secondary N) is 2. The smallest absolute Gasteiger partial charge is 0.259 e. The summed E-state index contributed by atoms with van der Waals surface area (Å²) >= 11 is 1.21. The molecule has 0 aliphatic carbocycles. The van der Waals surface area contributed by atoms with E-state index in [1.165, 1.54) is 29.1 Å². The minimum atomic E-state index is -0.756. The highest BCUT2D eigenvalue weighted by molar-refractivity contribution is 7.13. The highest BCUT2D eigenvalue weighted by atomic mass is 32.1. The van der Waals surface area contributed by atoms with E-state index in [-0.39, 0.29) is 18.3 Å². The number of anilines is 2. The number of ether oxygens (including phenoxy) is 1. The molecule has 1 aromatic carbocycles. The Morgan fingerprint density at radius 2 is 2.12 bits per heavy atom. The largest absolute Gasteiger partial charge is 0.489 e. The summed E-state index contributed by atoms with van der Waals surface area (Å²) in [6.07, 6.45) is 1.42. The second-order valence-electron chi connectivity index (χ2n) is 4.98. The molecule has 3 aromatic rings. The number of benzene rings is 1. The van der Waals surface area contributed by atoms with Crippen molar-refractivity contribution >= 4 is 28.2 Å². The Morgan fingerprint density at radius 1 is 1.23 bits per heavy atom. The fourth-order valence-corrected chi connectivity index (χ4v) is 2.40. The molecule has 0 radical (unpaired) electrons. The molecule has 0 unspecified atom stereocenters. The summed E-state index contributed by atoms with van der Waals surface area (Å²) in [5.41, 5.74) is 1.89. The van der Waals surface area contributed by atoms with Gasteiger partial charge in [-0.1, -0.05) is 11.3 Å². The molecule has 1 amide bonds. The van der Waals surface area contributed by atoms with Crippen LogP contribution in [0.3, 0.4) is 0 Å². The summed E-state index contributed by atoms with van der Waals surface area (Å²) in [5, 5.41) is 13.3. The van der Waals surface area contributed by atoms with Crippen LogP contribution in [0.15, 0.2) is 42.0 Å². The SMILES string of the molecule is O=C(Nc1nncs1)c1ccc(NCCOc2ccc(F)cc2F)nc1. The quantitative estimate of drug-likeness (QED) is 0.616. The Hall–Kier alpha value is -3.14. The van der Waals surface area contributed by atoms with Crippen molar-refractivity contribution in [1.29, 1.82) is 0 Å². The van der Waals surface area contributed by atoms with Gasteiger partial charge in [0.25, 0.3) is 5.91 Å². The van der Waals surface area contributed by atoms with Crippen LogP contribution in [0.1, 0.15) is 10.4 Å². The van der Waals surface area contributed by atoms with Crippen molar-refractivity contribution in [2.24, 2.45) is 0 Å². The number of nitrogens with zero attached hydrogens (tertiary/aromatic N) is 3. The van der Waals surface area contributed by atoms with Crippen LogP contribution >= 0.6 is 11.3 Å². The first kappa shape index (κ1) is 17.7. The van der Waals surface area contributed by atoms with Gasteiger partial charge in [-0.15, -0.1) is 10.2 Å². The van der Waals surface area contributed by atoms with E-state index in [9.17, 15) is 13.6 Å². The van der Waals surface area contributed by atoms with Gasteiger partial charge in [0.15, 0.2) is 11.6 Å². The van der Waals surface area contributed by atoms with Crippen molar-refractivity contribution in [1.82, 2.24) is 15.2 Å². The first-order valence-electron chi connectivity index (χ1n) is 7.47. The lowest BCUT2D eigenvalue weighted by Gasteiger charge is -2.09. The molecular formula is C16H13F2N5O2S. The number of halogens is 2. The zero-order chi connectivity index (χ0) is 18.4. The Labute approximate surface area is 151 Å². The van der Waals surface area contributed by atoms with E-state index in [1.54, 1.807) is 12.1 Å². The molecule has 0 spiro atoms. The van der Waals surface area contributed by atoms with Crippen LogP contribution in [0.5, 0.6) is 5.75 Å². The summed E-state index contributed by atoms with van der Waals surface area (Å²) in [4.78, 5) is 16.1. The standard InChI is InChI=1S/C16H13F2N5O2S/c17-11-2-3-13(12(18)7-11)25-6-5-19-14-4-1-10(8-20-14)15(24)22-16-23-21-9-26-16/h1-4,7-9H,5-6H2,(H,19,20)(H,22,23,24). The lowest BCUT2D eigenvalue weighted by molar-refractivity contribution is 0.102. The van der Waals surface area contributed by atoms with Gasteiger partial charge >= 0.3 is 0 Å². The molecule has 26 heavy (non-hydrogen) atoms. The maximum Gasteiger partial charge on any atom is 0.259 e. The second-order valence-corrected chi connectivity index (χ2v) is 5.81. The zero-order valence-electron chi connectivity index (χ0n) is 13.3. The van der Waals surface area contributed by atoms with Gasteiger partial charge in [-0.3, -0.25) is 10.1 Å². The average molecular weight is 377 g/mol. The fourth-order valence-electron chi connectivity index (χ4n) is 1.96. The molecule has 0 saturated heterocycles. The molecule has 2 aromatic heterocycles. The molecule has 2 heterocycles. The number of hydrogen-bond acceptors (Lipinski definition) is 7. The van der Waals surface area contributed by atoms with Crippen molar-refractivity contribution in [3.05, 3.63) is 59.2 Å². The topological polar surface area (TPSA) is 89.0 Å². The summed E-state index contributed by atoms with van der Waals surface area (Å²) in [7, 11) is 0. The summed E-state index contributed by atoms with van der Waals surface area (Å²) in [6, 6.07) is 6.35. The molecule has 0 atom stereocenters. The number of carbonyl (C=O) groups is 1. The van der Waals surface area contributed by atoms with Gasteiger partial charge in [-0.25, -0.2) is 13.8 Å². The second kappa shape index (κ2) is 8.30. The maximum atomic E-state index is 13.4. The van der Waals surface area contributed by atoms with Gasteiger partial charge in [0.1, 0.15) is 23.8 Å². The van der Waals surface area contributed by atoms with E-state index in [0.29, 0.717) is 23.1 Å². The first-order valence-corrected chi connectivity index (χ1v) is 8.35. The average Bonchev–Trinajstić information content (AvgIpc) is 3.13. The van der Waals surface area contributed by atoms with Gasteiger partial charge in [0.05, 0.1) is 12.1 Å². The van der Waals surface area contributed by atoms with Crippen LogP contribution in [-0.4, -0.2) is 34.2 Å². The van der Waals surface area contributed by atoms with Gasteiger partial charge in [0.2, 0.25) is 5.13 Å². The van der Waals surface area contributed by atoms with Gasteiger partial charge in [-0.05, 0) is 24.3 Å². The number of pyridine rings is 1. The van der Waals surface area contributed by atoms with Crippen LogP contribution in [-0.2, 0) is 0 Å². The van der Waals surface area contributed by atoms with Gasteiger partial charge in [-0.2, -0.15) is 0 Å². The maximum absolute atomic E-state index is 13.4. The molecule has 7 nitrogen and oxygen atoms in total. The third kappa shape index (κ3) is 4.70. The number of aromatic nitrogens is 3. The number of rotatable bonds is 7. The molecular weight excluding hydrogens is 364 g/mol. The predicted octanol–water partition coefficient (Wildman–Crippen LogP) is 2.95. The first-order chi connectivity index (χ1) is 12.6. The van der Waals surface area contributed by atoms with Crippen molar-refractivity contribution in [2.75, 3.05) is 23.8 Å². The molecule has 0 aliphatic heterocycles. The third-order valence-corrected chi connectivity index (χ3v) is 3.77. The van der Waals surface area contributed by atoms with E-state index in [1.807, 2.05) is 0 Å². The zero-order valence-corrected chi connectivity index (χ0v) is 14.1. The van der Waals surface area contributed by atoms with Gasteiger partial charge < -0.3 is 10.1 Å². The molecule has 134 valence electrons. The van der Waals surface area contributed by atoms with E-state index in [0.717, 1.165) is 12.1 Å². The third-order valence-electron chi connectivity index (χ3n) is 3.17. The lowest BCUT2D eigenvalue weighted by Crippen LogP contribution is -2.14. The molecule has 3 rings (SSSR count). The lowest BCUT2D eigenvalue weighted by atomic mass is 10.2. The van der Waals surface area contributed by atoms with Gasteiger partial charge in [0, 0.05) is 12.3 Å². The summed E-state index contributed by atoms with van der Waals surface area (Å²) < 4.78 is 31.4. The number of hydrogen-bond donors (Lipinski definition) is 2. The highest BCUT2D eigenvalue weighted by Crippen LogP contribution is 2.17. The molecule has 0 fully saturated rings. The molecule has 0 saturated carbocycles. The van der Waals surface area contributed by atoms with E-state index >= 15 is 0 Å². The van der Waals surface area contributed by atoms with Crippen LogP contribution in [0, 0.1) is 11.6 Å². The normalized spacial score (nSPS) is 10.4. The van der Waals surface area contributed by atoms with Crippen LogP contribution in [0.4, 0.5) is 19.7 Å². The van der Waals surface area contributed by atoms with Crippen LogP contribution in [0.25, 0.3) is 0 Å². The minimum Gasteiger partial charge on any atom is -0.489 e.